The fourth-order valence-corrected chi connectivity index (χ4v) is 1.72. The van der Waals surface area contributed by atoms with Crippen LogP contribution in [0.5, 0.6) is 11.5 Å². The summed E-state index contributed by atoms with van der Waals surface area (Å²) < 4.78 is 23.6. The van der Waals surface area contributed by atoms with E-state index in [1.165, 1.54) is 0 Å². The lowest BCUT2D eigenvalue weighted by Crippen LogP contribution is -2.10. The van der Waals surface area contributed by atoms with Gasteiger partial charge in [0.1, 0.15) is 24.8 Å². The van der Waals surface area contributed by atoms with E-state index >= 15 is 0 Å². The summed E-state index contributed by atoms with van der Waals surface area (Å²) in [7, 11) is 0. The molecule has 21 heavy (non-hydrogen) atoms. The Morgan fingerprint density at radius 3 is 2.43 bits per heavy atom. The van der Waals surface area contributed by atoms with Crippen molar-refractivity contribution in [3.8, 4) is 11.5 Å². The Labute approximate surface area is 125 Å². The van der Waals surface area contributed by atoms with Gasteiger partial charge >= 0.3 is 5.69 Å². The molecule has 0 saturated carbocycles. The van der Waals surface area contributed by atoms with Gasteiger partial charge in [-0.1, -0.05) is 11.6 Å². The molecule has 0 unspecified atom stereocenters. The van der Waals surface area contributed by atoms with Gasteiger partial charge in [0.2, 0.25) is 0 Å². The molecule has 0 N–H and O–H groups in total. The number of nitro benzene ring substituents is 1. The van der Waals surface area contributed by atoms with E-state index in [9.17, 15) is 14.5 Å². The van der Waals surface area contributed by atoms with Gasteiger partial charge in [-0.2, -0.15) is 0 Å². The molecule has 0 atom stereocenters. The molecule has 0 fully saturated rings. The fourth-order valence-electron chi connectivity index (χ4n) is 1.60. The van der Waals surface area contributed by atoms with Gasteiger partial charge in [-0.05, 0) is 30.3 Å². The smallest absolute Gasteiger partial charge is 0.311 e. The van der Waals surface area contributed by atoms with Gasteiger partial charge in [-0.15, -0.1) is 0 Å². The summed E-state index contributed by atoms with van der Waals surface area (Å²) in [4.78, 5) is 10.1. The Balaban J connectivity index is 1.90. The molecule has 7 heteroatoms. The first-order valence-electron chi connectivity index (χ1n) is 6.01. The molecule has 2 aromatic rings. The maximum atomic E-state index is 13.1. The molecule has 5 nitrogen and oxygen atoms in total. The molecule has 0 aliphatic rings. The zero-order chi connectivity index (χ0) is 15.2. The standard InChI is InChI=1S/C14H11ClFNO4/c15-10-1-4-12(5-2-10)20-7-8-21-14-9-11(16)3-6-13(14)17(18)19/h1-6,9H,7-8H2. The van der Waals surface area contributed by atoms with Crippen molar-refractivity contribution in [1.82, 2.24) is 0 Å². The molecule has 0 saturated heterocycles. The van der Waals surface area contributed by atoms with Crippen molar-refractivity contribution in [1.29, 1.82) is 0 Å². The molecular weight excluding hydrogens is 301 g/mol. The molecule has 2 aromatic carbocycles. The molecule has 0 spiro atoms. The molecular formula is C14H11ClFNO4. The zero-order valence-electron chi connectivity index (χ0n) is 10.8. The summed E-state index contributed by atoms with van der Waals surface area (Å²) in [5, 5.41) is 11.4. The van der Waals surface area contributed by atoms with Gasteiger partial charge < -0.3 is 9.47 Å². The SMILES string of the molecule is O=[N+]([O-])c1ccc(F)cc1OCCOc1ccc(Cl)cc1. The van der Waals surface area contributed by atoms with Crippen LogP contribution >= 0.6 is 11.6 Å². The minimum Gasteiger partial charge on any atom is -0.490 e. The number of hydrogen-bond donors (Lipinski definition) is 0. The maximum Gasteiger partial charge on any atom is 0.311 e. The van der Waals surface area contributed by atoms with Gasteiger partial charge in [-0.3, -0.25) is 10.1 Å². The molecule has 0 aliphatic carbocycles. The Morgan fingerprint density at radius 1 is 1.10 bits per heavy atom. The molecule has 0 aromatic heterocycles. The van der Waals surface area contributed by atoms with Gasteiger partial charge in [0, 0.05) is 17.2 Å². The molecule has 110 valence electrons. The molecule has 0 heterocycles. The van der Waals surface area contributed by atoms with Crippen LogP contribution in [0.15, 0.2) is 42.5 Å². The topological polar surface area (TPSA) is 61.6 Å². The Morgan fingerprint density at radius 2 is 1.76 bits per heavy atom. The number of nitrogens with zero attached hydrogens (tertiary/aromatic N) is 1. The van der Waals surface area contributed by atoms with Gasteiger partial charge in [0.05, 0.1) is 4.92 Å². The Bertz CT molecular complexity index is 633. The van der Waals surface area contributed by atoms with Crippen molar-refractivity contribution in [3.05, 3.63) is 63.4 Å². The molecule has 0 aliphatic heterocycles. The lowest BCUT2D eigenvalue weighted by Gasteiger charge is -2.08. The summed E-state index contributed by atoms with van der Waals surface area (Å²) in [6.07, 6.45) is 0. The van der Waals surface area contributed by atoms with E-state index in [1.807, 2.05) is 0 Å². The average molecular weight is 312 g/mol. The number of halogens is 2. The van der Waals surface area contributed by atoms with E-state index in [4.69, 9.17) is 21.1 Å². The molecule has 0 bridgehead atoms. The first-order valence-corrected chi connectivity index (χ1v) is 6.39. The molecule has 0 radical (unpaired) electrons. The van der Waals surface area contributed by atoms with Crippen LogP contribution in [0.2, 0.25) is 5.02 Å². The van der Waals surface area contributed by atoms with Crippen LogP contribution < -0.4 is 9.47 Å². The van der Waals surface area contributed by atoms with Crippen LogP contribution in [0.1, 0.15) is 0 Å². The van der Waals surface area contributed by atoms with Gasteiger partial charge in [0.15, 0.2) is 5.75 Å². The first kappa shape index (κ1) is 15.1. The third-order valence-electron chi connectivity index (χ3n) is 2.54. The van der Waals surface area contributed by atoms with E-state index < -0.39 is 10.7 Å². The van der Waals surface area contributed by atoms with Gasteiger partial charge in [0.25, 0.3) is 0 Å². The minimum absolute atomic E-state index is 0.0485. The molecule has 0 amide bonds. The van der Waals surface area contributed by atoms with Gasteiger partial charge in [-0.25, -0.2) is 4.39 Å². The predicted molar refractivity (Wildman–Crippen MR) is 75.5 cm³/mol. The van der Waals surface area contributed by atoms with E-state index in [-0.39, 0.29) is 24.7 Å². The van der Waals surface area contributed by atoms with Crippen LogP contribution in [-0.2, 0) is 0 Å². The number of benzene rings is 2. The number of hydrogen-bond acceptors (Lipinski definition) is 4. The number of rotatable bonds is 6. The highest BCUT2D eigenvalue weighted by atomic mass is 35.5. The van der Waals surface area contributed by atoms with Crippen molar-refractivity contribution >= 4 is 17.3 Å². The van der Waals surface area contributed by atoms with Crippen LogP contribution in [0.25, 0.3) is 0 Å². The lowest BCUT2D eigenvalue weighted by atomic mass is 10.3. The highest BCUT2D eigenvalue weighted by Crippen LogP contribution is 2.27. The van der Waals surface area contributed by atoms with Crippen molar-refractivity contribution in [3.63, 3.8) is 0 Å². The Hall–Kier alpha value is -2.34. The van der Waals surface area contributed by atoms with E-state index in [2.05, 4.69) is 0 Å². The third-order valence-corrected chi connectivity index (χ3v) is 2.79. The average Bonchev–Trinajstić information content (AvgIpc) is 2.45. The number of ether oxygens (including phenoxy) is 2. The summed E-state index contributed by atoms with van der Waals surface area (Å²) >= 11 is 5.74. The number of nitro groups is 1. The second-order valence-electron chi connectivity index (χ2n) is 4.02. The highest BCUT2D eigenvalue weighted by molar-refractivity contribution is 6.30. The van der Waals surface area contributed by atoms with E-state index in [1.54, 1.807) is 24.3 Å². The summed E-state index contributed by atoms with van der Waals surface area (Å²) in [6, 6.07) is 9.77. The van der Waals surface area contributed by atoms with Crippen molar-refractivity contribution in [2.24, 2.45) is 0 Å². The van der Waals surface area contributed by atoms with Crippen molar-refractivity contribution in [2.45, 2.75) is 0 Å². The van der Waals surface area contributed by atoms with Crippen LogP contribution in [-0.4, -0.2) is 18.1 Å². The summed E-state index contributed by atoms with van der Waals surface area (Å²) in [6.45, 7) is 0.211. The normalized spacial score (nSPS) is 10.2. The minimum atomic E-state index is -0.630. The first-order chi connectivity index (χ1) is 10.1. The monoisotopic (exact) mass is 311 g/mol. The molecule has 2 rings (SSSR count). The Kier molecular flexibility index (Phi) is 4.94. The van der Waals surface area contributed by atoms with Crippen LogP contribution in [0, 0.1) is 15.9 Å². The largest absolute Gasteiger partial charge is 0.490 e. The maximum absolute atomic E-state index is 13.1. The van der Waals surface area contributed by atoms with E-state index in [0.717, 1.165) is 18.2 Å². The summed E-state index contributed by atoms with van der Waals surface area (Å²) in [5.41, 5.74) is -0.289. The zero-order valence-corrected chi connectivity index (χ0v) is 11.5. The van der Waals surface area contributed by atoms with E-state index in [0.29, 0.717) is 10.8 Å². The quantitative estimate of drug-likeness (QED) is 0.462. The second kappa shape index (κ2) is 6.90. The fraction of sp³-hybridized carbons (Fsp3) is 0.143. The van der Waals surface area contributed by atoms with Crippen LogP contribution in [0.4, 0.5) is 10.1 Å². The third kappa shape index (κ3) is 4.32. The van der Waals surface area contributed by atoms with Crippen molar-refractivity contribution < 1.29 is 18.8 Å². The predicted octanol–water partition coefficient (Wildman–Crippen LogP) is 3.85. The van der Waals surface area contributed by atoms with Crippen LogP contribution in [0.3, 0.4) is 0 Å². The lowest BCUT2D eigenvalue weighted by molar-refractivity contribution is -0.385. The highest BCUT2D eigenvalue weighted by Gasteiger charge is 2.15. The second-order valence-corrected chi connectivity index (χ2v) is 4.46. The van der Waals surface area contributed by atoms with Crippen molar-refractivity contribution in [2.75, 3.05) is 13.2 Å². The summed E-state index contributed by atoms with van der Waals surface area (Å²) in [5.74, 6) is -0.134.